The number of anilines is 1. The molecule has 0 aromatic carbocycles. The average molecular weight is 250 g/mol. The minimum atomic E-state index is 0.571. The van der Waals surface area contributed by atoms with E-state index in [1.54, 1.807) is 11.6 Å². The molecule has 0 aliphatic carbocycles. The fraction of sp³-hybridized carbons (Fsp3) is 0.545. The normalized spacial score (nSPS) is 11.1. The van der Waals surface area contributed by atoms with Crippen LogP contribution in [0.5, 0.6) is 0 Å². The molecule has 0 fully saturated rings. The van der Waals surface area contributed by atoms with Crippen LogP contribution in [0.2, 0.25) is 0 Å². The predicted molar refractivity (Wildman–Crippen MR) is 68.7 cm³/mol. The number of aryl methyl sites for hydroxylation is 1. The molecule has 2 aromatic rings. The SMILES string of the molecule is COCCN(CCN)c1cc(C)nc2ncnn12. The van der Waals surface area contributed by atoms with E-state index in [4.69, 9.17) is 10.5 Å². The second-order valence-electron chi connectivity index (χ2n) is 4.00. The van der Waals surface area contributed by atoms with E-state index in [-0.39, 0.29) is 0 Å². The molecule has 0 atom stereocenters. The van der Waals surface area contributed by atoms with E-state index in [0.29, 0.717) is 18.9 Å². The monoisotopic (exact) mass is 250 g/mol. The molecule has 2 N–H and O–H groups in total. The zero-order chi connectivity index (χ0) is 13.0. The third-order valence-electron chi connectivity index (χ3n) is 2.65. The van der Waals surface area contributed by atoms with Crippen LogP contribution in [0.15, 0.2) is 12.4 Å². The van der Waals surface area contributed by atoms with Gasteiger partial charge in [-0.3, -0.25) is 0 Å². The molecule has 0 saturated carbocycles. The van der Waals surface area contributed by atoms with Gasteiger partial charge in [-0.25, -0.2) is 4.98 Å². The number of fused-ring (bicyclic) bond motifs is 1. The Bertz CT molecular complexity index is 511. The average Bonchev–Trinajstić information content (AvgIpc) is 2.81. The Hall–Kier alpha value is -1.73. The molecule has 0 aliphatic rings. The van der Waals surface area contributed by atoms with Crippen molar-refractivity contribution in [2.45, 2.75) is 6.92 Å². The van der Waals surface area contributed by atoms with E-state index >= 15 is 0 Å². The molecule has 0 radical (unpaired) electrons. The number of ether oxygens (including phenoxy) is 1. The van der Waals surface area contributed by atoms with Crippen molar-refractivity contribution in [2.24, 2.45) is 5.73 Å². The van der Waals surface area contributed by atoms with E-state index in [1.165, 1.54) is 6.33 Å². The maximum absolute atomic E-state index is 5.65. The van der Waals surface area contributed by atoms with Gasteiger partial charge in [0, 0.05) is 38.5 Å². The first-order chi connectivity index (χ1) is 8.76. The zero-order valence-corrected chi connectivity index (χ0v) is 10.7. The maximum atomic E-state index is 5.65. The second-order valence-corrected chi connectivity index (χ2v) is 4.00. The Morgan fingerprint density at radius 2 is 2.28 bits per heavy atom. The molecule has 18 heavy (non-hydrogen) atoms. The molecule has 2 rings (SSSR count). The third kappa shape index (κ3) is 2.57. The fourth-order valence-corrected chi connectivity index (χ4v) is 1.83. The van der Waals surface area contributed by atoms with Gasteiger partial charge in [-0.15, -0.1) is 0 Å². The first-order valence-corrected chi connectivity index (χ1v) is 5.87. The van der Waals surface area contributed by atoms with Crippen molar-refractivity contribution in [2.75, 3.05) is 38.3 Å². The summed E-state index contributed by atoms with van der Waals surface area (Å²) in [5, 5.41) is 4.19. The van der Waals surface area contributed by atoms with Gasteiger partial charge in [-0.2, -0.15) is 14.6 Å². The van der Waals surface area contributed by atoms with Gasteiger partial charge in [0.2, 0.25) is 0 Å². The molecule has 2 heterocycles. The highest BCUT2D eigenvalue weighted by Gasteiger charge is 2.12. The summed E-state index contributed by atoms with van der Waals surface area (Å²) in [5.41, 5.74) is 6.56. The van der Waals surface area contributed by atoms with Crippen LogP contribution in [-0.2, 0) is 4.74 Å². The molecule has 7 heteroatoms. The third-order valence-corrected chi connectivity index (χ3v) is 2.65. The van der Waals surface area contributed by atoms with Gasteiger partial charge in [-0.1, -0.05) is 0 Å². The molecule has 0 saturated heterocycles. The molecule has 0 bridgehead atoms. The van der Waals surface area contributed by atoms with Crippen molar-refractivity contribution in [3.8, 4) is 0 Å². The van der Waals surface area contributed by atoms with E-state index in [9.17, 15) is 0 Å². The molecule has 0 unspecified atom stereocenters. The number of nitrogens with zero attached hydrogens (tertiary/aromatic N) is 5. The van der Waals surface area contributed by atoms with Crippen molar-refractivity contribution in [3.05, 3.63) is 18.1 Å². The van der Waals surface area contributed by atoms with E-state index in [0.717, 1.165) is 24.6 Å². The summed E-state index contributed by atoms with van der Waals surface area (Å²) in [5.74, 6) is 1.54. The van der Waals surface area contributed by atoms with Crippen LogP contribution >= 0.6 is 0 Å². The smallest absolute Gasteiger partial charge is 0.254 e. The van der Waals surface area contributed by atoms with Gasteiger partial charge in [0.15, 0.2) is 0 Å². The Balaban J connectivity index is 2.38. The first kappa shape index (κ1) is 12.7. The van der Waals surface area contributed by atoms with Gasteiger partial charge >= 0.3 is 0 Å². The fourth-order valence-electron chi connectivity index (χ4n) is 1.83. The molecule has 0 spiro atoms. The number of hydrogen-bond acceptors (Lipinski definition) is 6. The summed E-state index contributed by atoms with van der Waals surface area (Å²) in [6.07, 6.45) is 1.50. The van der Waals surface area contributed by atoms with Crippen molar-refractivity contribution in [1.29, 1.82) is 0 Å². The zero-order valence-electron chi connectivity index (χ0n) is 10.7. The highest BCUT2D eigenvalue weighted by molar-refractivity contribution is 5.47. The first-order valence-electron chi connectivity index (χ1n) is 5.87. The predicted octanol–water partition coefficient (Wildman–Crippen LogP) is -0.156. The second kappa shape index (κ2) is 5.74. The number of methoxy groups -OCH3 is 1. The van der Waals surface area contributed by atoms with Crippen molar-refractivity contribution < 1.29 is 4.74 Å². The molecular weight excluding hydrogens is 232 g/mol. The van der Waals surface area contributed by atoms with Crippen LogP contribution in [0.25, 0.3) is 5.78 Å². The Labute approximate surface area is 106 Å². The molecule has 7 nitrogen and oxygen atoms in total. The summed E-state index contributed by atoms with van der Waals surface area (Å²) >= 11 is 0. The van der Waals surface area contributed by atoms with E-state index < -0.39 is 0 Å². The number of rotatable bonds is 6. The maximum Gasteiger partial charge on any atom is 0.254 e. The summed E-state index contributed by atoms with van der Waals surface area (Å²) in [7, 11) is 1.68. The Morgan fingerprint density at radius 1 is 1.44 bits per heavy atom. The lowest BCUT2D eigenvalue weighted by Gasteiger charge is -2.24. The van der Waals surface area contributed by atoms with Crippen LogP contribution < -0.4 is 10.6 Å². The molecule has 98 valence electrons. The lowest BCUT2D eigenvalue weighted by atomic mass is 10.3. The number of aromatic nitrogens is 4. The Kier molecular flexibility index (Phi) is 4.06. The van der Waals surface area contributed by atoms with Crippen LogP contribution in [0.3, 0.4) is 0 Å². The van der Waals surface area contributed by atoms with E-state index in [1.807, 2.05) is 13.0 Å². The Morgan fingerprint density at radius 3 is 3.00 bits per heavy atom. The van der Waals surface area contributed by atoms with Crippen molar-refractivity contribution in [1.82, 2.24) is 19.6 Å². The minimum Gasteiger partial charge on any atom is -0.383 e. The van der Waals surface area contributed by atoms with Crippen LogP contribution in [-0.4, -0.2) is 52.9 Å². The molecule has 0 amide bonds. The highest BCUT2D eigenvalue weighted by Crippen LogP contribution is 2.15. The van der Waals surface area contributed by atoms with Crippen LogP contribution in [0, 0.1) is 6.92 Å². The van der Waals surface area contributed by atoms with Gasteiger partial charge in [-0.05, 0) is 6.92 Å². The summed E-state index contributed by atoms with van der Waals surface area (Å²) in [6.45, 7) is 4.64. The van der Waals surface area contributed by atoms with Crippen molar-refractivity contribution >= 4 is 11.6 Å². The van der Waals surface area contributed by atoms with Crippen LogP contribution in [0.4, 0.5) is 5.82 Å². The number of nitrogens with two attached hydrogens (primary N) is 1. The van der Waals surface area contributed by atoms with E-state index in [2.05, 4.69) is 20.0 Å². The highest BCUT2D eigenvalue weighted by atomic mass is 16.5. The molecule has 0 aliphatic heterocycles. The summed E-state index contributed by atoms with van der Waals surface area (Å²) < 4.78 is 6.84. The largest absolute Gasteiger partial charge is 0.383 e. The molecule has 2 aromatic heterocycles. The lowest BCUT2D eigenvalue weighted by Crippen LogP contribution is -2.34. The van der Waals surface area contributed by atoms with Gasteiger partial charge in [0.25, 0.3) is 5.78 Å². The quantitative estimate of drug-likeness (QED) is 0.767. The number of hydrogen-bond donors (Lipinski definition) is 1. The van der Waals surface area contributed by atoms with Gasteiger partial charge in [0.05, 0.1) is 6.61 Å². The molecular formula is C11H18N6O. The summed E-state index contributed by atoms with van der Waals surface area (Å²) in [4.78, 5) is 10.6. The summed E-state index contributed by atoms with van der Waals surface area (Å²) in [6, 6.07) is 1.98. The van der Waals surface area contributed by atoms with Crippen molar-refractivity contribution in [3.63, 3.8) is 0 Å². The van der Waals surface area contributed by atoms with Crippen LogP contribution in [0.1, 0.15) is 5.69 Å². The standard InChI is InChI=1S/C11H18N6O/c1-9-7-10(16(4-3-12)5-6-18-2)17-11(15-9)13-8-14-17/h7-8H,3-6,12H2,1-2H3. The topological polar surface area (TPSA) is 81.6 Å². The minimum absolute atomic E-state index is 0.571. The van der Waals surface area contributed by atoms with Gasteiger partial charge < -0.3 is 15.4 Å². The van der Waals surface area contributed by atoms with Gasteiger partial charge in [0.1, 0.15) is 12.1 Å². The lowest BCUT2D eigenvalue weighted by molar-refractivity contribution is 0.205.